The molecule has 0 aliphatic rings. The van der Waals surface area contributed by atoms with Crippen molar-refractivity contribution < 1.29 is 14.3 Å². The predicted molar refractivity (Wildman–Crippen MR) is 129 cm³/mol. The first-order valence-electron chi connectivity index (χ1n) is 9.87. The Kier molecular flexibility index (Phi) is 7.93. The fraction of sp³-hybridized carbons (Fsp3) is 0.261. The van der Waals surface area contributed by atoms with Gasteiger partial charge in [0.25, 0.3) is 5.91 Å². The SMILES string of the molecule is COc1cc(/C(C)=N/NC(=O)Cn2nc(C)c(Br)c2C)ccc1OCc1ccccc1Cl. The Labute approximate surface area is 200 Å². The van der Waals surface area contributed by atoms with Crippen LogP contribution in [0.3, 0.4) is 0 Å². The molecule has 1 amide bonds. The quantitative estimate of drug-likeness (QED) is 0.334. The van der Waals surface area contributed by atoms with Gasteiger partial charge in [0.15, 0.2) is 11.5 Å². The number of halogens is 2. The van der Waals surface area contributed by atoms with Crippen LogP contribution in [0.1, 0.15) is 29.4 Å². The van der Waals surface area contributed by atoms with Crippen molar-refractivity contribution in [3.05, 3.63) is 74.5 Å². The predicted octanol–water partition coefficient (Wildman–Crippen LogP) is 5.04. The van der Waals surface area contributed by atoms with Crippen molar-refractivity contribution in [2.45, 2.75) is 33.9 Å². The molecule has 2 aromatic carbocycles. The normalized spacial score (nSPS) is 11.4. The van der Waals surface area contributed by atoms with Crippen molar-refractivity contribution in [2.24, 2.45) is 5.10 Å². The number of nitrogens with zero attached hydrogens (tertiary/aromatic N) is 3. The molecule has 0 aliphatic carbocycles. The Hall–Kier alpha value is -2.84. The van der Waals surface area contributed by atoms with Crippen molar-refractivity contribution in [1.82, 2.24) is 15.2 Å². The van der Waals surface area contributed by atoms with Gasteiger partial charge in [-0.25, -0.2) is 5.43 Å². The Bertz CT molecular complexity index is 1160. The molecule has 9 heteroatoms. The summed E-state index contributed by atoms with van der Waals surface area (Å²) in [5, 5.41) is 9.19. The largest absolute Gasteiger partial charge is 0.493 e. The van der Waals surface area contributed by atoms with E-state index in [1.165, 1.54) is 0 Å². The van der Waals surface area contributed by atoms with E-state index in [0.29, 0.717) is 28.8 Å². The summed E-state index contributed by atoms with van der Waals surface area (Å²) in [6.45, 7) is 5.98. The van der Waals surface area contributed by atoms with Crippen molar-refractivity contribution in [3.8, 4) is 11.5 Å². The minimum atomic E-state index is -0.269. The molecule has 0 saturated carbocycles. The van der Waals surface area contributed by atoms with E-state index in [2.05, 4.69) is 31.6 Å². The summed E-state index contributed by atoms with van der Waals surface area (Å²) in [4.78, 5) is 12.3. The number of benzene rings is 2. The van der Waals surface area contributed by atoms with E-state index in [0.717, 1.165) is 27.0 Å². The molecule has 0 unspecified atom stereocenters. The van der Waals surface area contributed by atoms with E-state index in [1.807, 2.05) is 50.2 Å². The molecular weight excluding hydrogens is 496 g/mol. The molecule has 0 aliphatic heterocycles. The van der Waals surface area contributed by atoms with Crippen LogP contribution < -0.4 is 14.9 Å². The Morgan fingerprint density at radius 1 is 1.22 bits per heavy atom. The Balaban J connectivity index is 1.66. The molecule has 168 valence electrons. The lowest BCUT2D eigenvalue weighted by Crippen LogP contribution is -2.25. The third kappa shape index (κ3) is 5.69. The number of hydrazone groups is 1. The van der Waals surface area contributed by atoms with Gasteiger partial charge in [-0.3, -0.25) is 9.48 Å². The van der Waals surface area contributed by atoms with Crippen LogP contribution in [0, 0.1) is 13.8 Å². The van der Waals surface area contributed by atoms with Gasteiger partial charge in [-0.05, 0) is 61.0 Å². The van der Waals surface area contributed by atoms with Gasteiger partial charge in [0, 0.05) is 16.1 Å². The van der Waals surface area contributed by atoms with E-state index in [9.17, 15) is 4.79 Å². The average molecular weight is 520 g/mol. The van der Waals surface area contributed by atoms with Crippen LogP contribution in [0.25, 0.3) is 0 Å². The summed E-state index contributed by atoms with van der Waals surface area (Å²) in [6, 6.07) is 13.0. The minimum Gasteiger partial charge on any atom is -0.493 e. The molecule has 1 N–H and O–H groups in total. The second-order valence-corrected chi connectivity index (χ2v) is 8.32. The number of aryl methyl sites for hydroxylation is 1. The molecular formula is C23H24BrClN4O3. The third-order valence-corrected chi connectivity index (χ3v) is 6.37. The number of hydrogen-bond donors (Lipinski definition) is 1. The van der Waals surface area contributed by atoms with Crippen molar-refractivity contribution in [1.29, 1.82) is 0 Å². The standard InChI is InChI=1S/C23H24BrClN4O3/c1-14(26-27-22(30)12-29-16(3)23(24)15(2)28-29)17-9-10-20(21(11-17)31-4)32-13-18-7-5-6-8-19(18)25/h5-11H,12-13H2,1-4H3,(H,27,30)/b26-14+. The van der Waals surface area contributed by atoms with E-state index in [-0.39, 0.29) is 12.5 Å². The topological polar surface area (TPSA) is 77.7 Å². The maximum atomic E-state index is 12.3. The van der Waals surface area contributed by atoms with Crippen LogP contribution in [-0.2, 0) is 17.9 Å². The molecule has 0 spiro atoms. The monoisotopic (exact) mass is 518 g/mol. The molecule has 0 fully saturated rings. The maximum absolute atomic E-state index is 12.3. The van der Waals surface area contributed by atoms with Gasteiger partial charge in [-0.15, -0.1) is 0 Å². The van der Waals surface area contributed by atoms with Gasteiger partial charge in [-0.1, -0.05) is 29.8 Å². The van der Waals surface area contributed by atoms with Gasteiger partial charge in [0.1, 0.15) is 13.2 Å². The zero-order valence-electron chi connectivity index (χ0n) is 18.3. The molecule has 0 atom stereocenters. The molecule has 0 bridgehead atoms. The van der Waals surface area contributed by atoms with Gasteiger partial charge < -0.3 is 9.47 Å². The summed E-state index contributed by atoms with van der Waals surface area (Å²) >= 11 is 9.65. The molecule has 3 rings (SSSR count). The molecule has 3 aromatic rings. The first-order valence-corrected chi connectivity index (χ1v) is 11.0. The number of ether oxygens (including phenoxy) is 2. The molecule has 7 nitrogen and oxygen atoms in total. The first-order chi connectivity index (χ1) is 15.3. The van der Waals surface area contributed by atoms with Crippen LogP contribution in [0.5, 0.6) is 11.5 Å². The zero-order chi connectivity index (χ0) is 23.3. The Morgan fingerprint density at radius 2 is 1.97 bits per heavy atom. The van der Waals surface area contributed by atoms with E-state index >= 15 is 0 Å². The van der Waals surface area contributed by atoms with Crippen LogP contribution >= 0.6 is 27.5 Å². The highest BCUT2D eigenvalue weighted by Crippen LogP contribution is 2.30. The maximum Gasteiger partial charge on any atom is 0.261 e. The first kappa shape index (κ1) is 23.8. The zero-order valence-corrected chi connectivity index (χ0v) is 20.6. The van der Waals surface area contributed by atoms with E-state index in [1.54, 1.807) is 24.8 Å². The summed E-state index contributed by atoms with van der Waals surface area (Å²) in [6.07, 6.45) is 0. The molecule has 1 aromatic heterocycles. The van der Waals surface area contributed by atoms with Gasteiger partial charge in [0.2, 0.25) is 0 Å². The summed E-state index contributed by atoms with van der Waals surface area (Å²) in [7, 11) is 1.57. The summed E-state index contributed by atoms with van der Waals surface area (Å²) in [5.41, 5.74) is 6.60. The molecule has 1 heterocycles. The Morgan fingerprint density at radius 3 is 2.62 bits per heavy atom. The average Bonchev–Trinajstić information content (AvgIpc) is 3.03. The third-order valence-electron chi connectivity index (χ3n) is 4.86. The number of carbonyl (C=O) groups excluding carboxylic acids is 1. The lowest BCUT2D eigenvalue weighted by Gasteiger charge is -2.13. The lowest BCUT2D eigenvalue weighted by molar-refractivity contribution is -0.121. The smallest absolute Gasteiger partial charge is 0.261 e. The number of rotatable bonds is 8. The molecule has 0 saturated heterocycles. The van der Waals surface area contributed by atoms with E-state index in [4.69, 9.17) is 21.1 Å². The number of methoxy groups -OCH3 is 1. The van der Waals surface area contributed by atoms with Crippen molar-refractivity contribution in [2.75, 3.05) is 7.11 Å². The minimum absolute atomic E-state index is 0.0766. The highest BCUT2D eigenvalue weighted by atomic mass is 79.9. The van der Waals surface area contributed by atoms with Gasteiger partial charge in [0.05, 0.1) is 28.7 Å². The molecule has 32 heavy (non-hydrogen) atoms. The van der Waals surface area contributed by atoms with Crippen molar-refractivity contribution >= 4 is 39.1 Å². The summed E-state index contributed by atoms with van der Waals surface area (Å²) < 4.78 is 13.9. The fourth-order valence-electron chi connectivity index (χ4n) is 2.99. The molecule has 0 radical (unpaired) electrons. The number of aromatic nitrogens is 2. The number of carbonyl (C=O) groups is 1. The highest BCUT2D eigenvalue weighted by Gasteiger charge is 2.12. The number of hydrogen-bond acceptors (Lipinski definition) is 5. The second-order valence-electron chi connectivity index (χ2n) is 7.12. The van der Waals surface area contributed by atoms with E-state index < -0.39 is 0 Å². The van der Waals surface area contributed by atoms with Crippen LogP contribution in [0.15, 0.2) is 52.0 Å². The van der Waals surface area contributed by atoms with Gasteiger partial charge >= 0.3 is 0 Å². The van der Waals surface area contributed by atoms with Crippen LogP contribution in [0.2, 0.25) is 5.02 Å². The van der Waals surface area contributed by atoms with Crippen molar-refractivity contribution in [3.63, 3.8) is 0 Å². The number of amides is 1. The van der Waals surface area contributed by atoms with Gasteiger partial charge in [-0.2, -0.15) is 10.2 Å². The van der Waals surface area contributed by atoms with Crippen LogP contribution in [-0.4, -0.2) is 28.5 Å². The highest BCUT2D eigenvalue weighted by molar-refractivity contribution is 9.10. The fourth-order valence-corrected chi connectivity index (χ4v) is 3.47. The number of nitrogens with one attached hydrogen (secondary N) is 1. The lowest BCUT2D eigenvalue weighted by atomic mass is 10.1. The van der Waals surface area contributed by atoms with Crippen LogP contribution in [0.4, 0.5) is 0 Å². The second kappa shape index (κ2) is 10.7. The summed E-state index contributed by atoms with van der Waals surface area (Å²) in [5.74, 6) is 0.875.